The van der Waals surface area contributed by atoms with E-state index in [0.29, 0.717) is 10.8 Å². The Kier molecular flexibility index (Phi) is 6.05. The molecule has 5 nitrogen and oxygen atoms in total. The summed E-state index contributed by atoms with van der Waals surface area (Å²) in [6.45, 7) is 4.48. The Labute approximate surface area is 118 Å². The van der Waals surface area contributed by atoms with Crippen molar-refractivity contribution in [2.75, 3.05) is 25.5 Å². The average molecular weight is 286 g/mol. The van der Waals surface area contributed by atoms with Crippen LogP contribution in [-0.4, -0.2) is 47.1 Å². The molecule has 0 aliphatic rings. The molecule has 0 fully saturated rings. The van der Waals surface area contributed by atoms with Gasteiger partial charge in [0.25, 0.3) is 5.91 Å². The summed E-state index contributed by atoms with van der Waals surface area (Å²) < 4.78 is 0. The third-order valence-electron chi connectivity index (χ3n) is 2.85. The van der Waals surface area contributed by atoms with Gasteiger partial charge in [-0.2, -0.15) is 0 Å². The lowest BCUT2D eigenvalue weighted by Gasteiger charge is -2.23. The lowest BCUT2D eigenvalue weighted by Crippen LogP contribution is -2.37. The fourth-order valence-electron chi connectivity index (χ4n) is 1.43. The van der Waals surface area contributed by atoms with Crippen LogP contribution in [0.25, 0.3) is 0 Å². The molecule has 0 aliphatic heterocycles. The summed E-state index contributed by atoms with van der Waals surface area (Å²) in [5.41, 5.74) is 0.200. The first-order valence-corrected chi connectivity index (χ1v) is 6.67. The highest BCUT2D eigenvalue weighted by Gasteiger charge is 2.21. The van der Waals surface area contributed by atoms with Gasteiger partial charge >= 0.3 is 0 Å². The van der Waals surface area contributed by atoms with Gasteiger partial charge in [-0.05, 0) is 25.5 Å². The maximum absolute atomic E-state index is 12.2. The highest BCUT2D eigenvalue weighted by molar-refractivity contribution is 6.33. The van der Waals surface area contributed by atoms with Gasteiger partial charge in [0.1, 0.15) is 11.5 Å². The number of rotatable bonds is 6. The van der Waals surface area contributed by atoms with Gasteiger partial charge < -0.3 is 15.3 Å². The van der Waals surface area contributed by atoms with E-state index in [4.69, 9.17) is 16.7 Å². The number of halogens is 1. The number of anilines is 1. The topological polar surface area (TPSA) is 65.5 Å². The first kappa shape index (κ1) is 15.7. The third-order valence-corrected chi connectivity index (χ3v) is 3.16. The van der Waals surface area contributed by atoms with Gasteiger partial charge in [0, 0.05) is 13.6 Å². The van der Waals surface area contributed by atoms with Crippen LogP contribution >= 0.6 is 11.6 Å². The van der Waals surface area contributed by atoms with E-state index in [1.165, 1.54) is 4.90 Å². The molecule has 1 amide bonds. The quantitative estimate of drug-likeness (QED) is 0.839. The van der Waals surface area contributed by atoms with Crippen LogP contribution in [0.1, 0.15) is 30.8 Å². The van der Waals surface area contributed by atoms with E-state index in [1.807, 2.05) is 6.92 Å². The molecule has 0 aliphatic carbocycles. The summed E-state index contributed by atoms with van der Waals surface area (Å²) in [5.74, 6) is 0.325. The lowest BCUT2D eigenvalue weighted by atomic mass is 10.2. The molecule has 2 N–H and O–H groups in total. The zero-order chi connectivity index (χ0) is 14.4. The van der Waals surface area contributed by atoms with Crippen LogP contribution in [0.3, 0.4) is 0 Å². The standard InChI is InChI=1S/C13H20ClN3O2/c1-4-7-15-11-6-5-10(14)12(16-11)13(19)17(3)9(2)8-18/h5-6,9,18H,4,7-8H2,1-3H3,(H,15,16). The van der Waals surface area contributed by atoms with Gasteiger partial charge in [0.15, 0.2) is 0 Å². The molecule has 1 aromatic heterocycles. The Morgan fingerprint density at radius 3 is 2.84 bits per heavy atom. The van der Waals surface area contributed by atoms with Gasteiger partial charge in [-0.3, -0.25) is 4.79 Å². The van der Waals surface area contributed by atoms with E-state index >= 15 is 0 Å². The van der Waals surface area contributed by atoms with Crippen LogP contribution in [0, 0.1) is 0 Å². The van der Waals surface area contributed by atoms with Gasteiger partial charge in [-0.25, -0.2) is 4.98 Å². The fourth-order valence-corrected chi connectivity index (χ4v) is 1.62. The second-order valence-electron chi connectivity index (χ2n) is 4.40. The average Bonchev–Trinajstić information content (AvgIpc) is 2.43. The highest BCUT2D eigenvalue weighted by atomic mass is 35.5. The Morgan fingerprint density at radius 1 is 1.58 bits per heavy atom. The number of hydrogen-bond acceptors (Lipinski definition) is 4. The van der Waals surface area contributed by atoms with E-state index in [9.17, 15) is 4.79 Å². The molecular weight excluding hydrogens is 266 g/mol. The molecule has 1 atom stereocenters. The molecule has 0 bridgehead atoms. The first-order valence-electron chi connectivity index (χ1n) is 6.29. The van der Waals surface area contributed by atoms with Gasteiger partial charge in [-0.1, -0.05) is 18.5 Å². The molecule has 1 rings (SSSR count). The highest BCUT2D eigenvalue weighted by Crippen LogP contribution is 2.19. The monoisotopic (exact) mass is 285 g/mol. The fraction of sp³-hybridized carbons (Fsp3) is 0.538. The Bertz CT molecular complexity index is 440. The summed E-state index contributed by atoms with van der Waals surface area (Å²) in [6, 6.07) is 3.11. The van der Waals surface area contributed by atoms with Crippen molar-refractivity contribution < 1.29 is 9.90 Å². The van der Waals surface area contributed by atoms with E-state index < -0.39 is 0 Å². The number of hydrogen-bond donors (Lipinski definition) is 2. The molecule has 19 heavy (non-hydrogen) atoms. The first-order chi connectivity index (χ1) is 9.01. The van der Waals surface area contributed by atoms with Crippen molar-refractivity contribution in [3.63, 3.8) is 0 Å². The Balaban J connectivity index is 2.95. The summed E-state index contributed by atoms with van der Waals surface area (Å²) in [6.07, 6.45) is 0.967. The van der Waals surface area contributed by atoms with E-state index in [1.54, 1.807) is 26.1 Å². The second kappa shape index (κ2) is 7.31. The lowest BCUT2D eigenvalue weighted by molar-refractivity contribution is 0.0676. The third kappa shape index (κ3) is 4.08. The number of amides is 1. The minimum Gasteiger partial charge on any atom is -0.394 e. The van der Waals surface area contributed by atoms with Crippen LogP contribution in [0.2, 0.25) is 5.02 Å². The van der Waals surface area contributed by atoms with E-state index in [0.717, 1.165) is 13.0 Å². The molecular formula is C13H20ClN3O2. The SMILES string of the molecule is CCCNc1ccc(Cl)c(C(=O)N(C)C(C)CO)n1. The van der Waals surface area contributed by atoms with Crippen molar-refractivity contribution in [1.82, 2.24) is 9.88 Å². The molecule has 106 valence electrons. The van der Waals surface area contributed by atoms with Crippen molar-refractivity contribution in [3.8, 4) is 0 Å². The maximum Gasteiger partial charge on any atom is 0.274 e. The van der Waals surface area contributed by atoms with Crippen molar-refractivity contribution in [3.05, 3.63) is 22.8 Å². The van der Waals surface area contributed by atoms with E-state index in [-0.39, 0.29) is 24.2 Å². The Morgan fingerprint density at radius 2 is 2.26 bits per heavy atom. The summed E-state index contributed by atoms with van der Waals surface area (Å²) in [5, 5.41) is 12.5. The van der Waals surface area contributed by atoms with Crippen molar-refractivity contribution in [1.29, 1.82) is 0 Å². The molecule has 0 saturated heterocycles. The number of aliphatic hydroxyl groups excluding tert-OH is 1. The maximum atomic E-state index is 12.2. The number of nitrogens with one attached hydrogen (secondary N) is 1. The van der Waals surface area contributed by atoms with Crippen LogP contribution in [-0.2, 0) is 0 Å². The summed E-state index contributed by atoms with van der Waals surface area (Å²) in [7, 11) is 1.62. The van der Waals surface area contributed by atoms with Crippen LogP contribution < -0.4 is 5.32 Å². The number of nitrogens with zero attached hydrogens (tertiary/aromatic N) is 2. The molecule has 1 unspecified atom stereocenters. The molecule has 0 aromatic carbocycles. The molecule has 0 saturated carbocycles. The largest absolute Gasteiger partial charge is 0.394 e. The Hall–Kier alpha value is -1.33. The summed E-state index contributed by atoms with van der Waals surface area (Å²) in [4.78, 5) is 17.9. The molecule has 0 radical (unpaired) electrons. The second-order valence-corrected chi connectivity index (χ2v) is 4.81. The predicted molar refractivity (Wildman–Crippen MR) is 76.7 cm³/mol. The minimum absolute atomic E-state index is 0.104. The number of carbonyl (C=O) groups is 1. The number of carbonyl (C=O) groups excluding carboxylic acids is 1. The number of likely N-dealkylation sites (N-methyl/N-ethyl adjacent to an activating group) is 1. The zero-order valence-electron chi connectivity index (χ0n) is 11.5. The van der Waals surface area contributed by atoms with Gasteiger partial charge in [-0.15, -0.1) is 0 Å². The van der Waals surface area contributed by atoms with Crippen molar-refractivity contribution in [2.24, 2.45) is 0 Å². The van der Waals surface area contributed by atoms with Crippen LogP contribution in [0.4, 0.5) is 5.82 Å². The molecule has 6 heteroatoms. The van der Waals surface area contributed by atoms with Crippen molar-refractivity contribution in [2.45, 2.75) is 26.3 Å². The molecule has 0 spiro atoms. The van der Waals surface area contributed by atoms with E-state index in [2.05, 4.69) is 10.3 Å². The van der Waals surface area contributed by atoms with Gasteiger partial charge in [0.2, 0.25) is 0 Å². The van der Waals surface area contributed by atoms with Crippen LogP contribution in [0.5, 0.6) is 0 Å². The molecule has 1 heterocycles. The van der Waals surface area contributed by atoms with Crippen LogP contribution in [0.15, 0.2) is 12.1 Å². The number of aliphatic hydroxyl groups is 1. The normalized spacial score (nSPS) is 12.1. The minimum atomic E-state index is -0.299. The zero-order valence-corrected chi connectivity index (χ0v) is 12.2. The smallest absolute Gasteiger partial charge is 0.274 e. The van der Waals surface area contributed by atoms with Crippen molar-refractivity contribution >= 4 is 23.3 Å². The predicted octanol–water partition coefficient (Wildman–Crippen LogP) is 2.01. The number of pyridine rings is 1. The number of aromatic nitrogens is 1. The molecule has 1 aromatic rings. The van der Waals surface area contributed by atoms with Gasteiger partial charge in [0.05, 0.1) is 17.7 Å². The summed E-state index contributed by atoms with van der Waals surface area (Å²) >= 11 is 6.02.